The van der Waals surface area contributed by atoms with Gasteiger partial charge in [-0.15, -0.1) is 0 Å². The van der Waals surface area contributed by atoms with Crippen LogP contribution in [-0.2, 0) is 19.4 Å². The van der Waals surface area contributed by atoms with Crippen LogP contribution in [0.3, 0.4) is 0 Å². The lowest BCUT2D eigenvalue weighted by Gasteiger charge is -2.13. The molecular weight excluding hydrogens is 186 g/mol. The number of nitrogens with zero attached hydrogens (tertiary/aromatic N) is 2. The maximum atomic E-state index is 4.75. The lowest BCUT2D eigenvalue weighted by molar-refractivity contribution is 0.497. The molecule has 3 nitrogen and oxygen atoms in total. The first kappa shape index (κ1) is 10.7. The predicted octanol–water partition coefficient (Wildman–Crippen LogP) is 2.06. The fourth-order valence-electron chi connectivity index (χ4n) is 2.42. The van der Waals surface area contributed by atoms with Crippen molar-refractivity contribution in [2.24, 2.45) is 0 Å². The third-order valence-corrected chi connectivity index (χ3v) is 3.13. The normalized spacial score (nSPS) is 15.7. The Labute approximate surface area is 91.9 Å². The molecule has 0 atom stereocenters. The molecule has 2 rings (SSSR count). The number of aryl methyl sites for hydroxylation is 1. The Hall–Kier alpha value is -0.830. The van der Waals surface area contributed by atoms with Crippen LogP contribution in [0.2, 0.25) is 0 Å². The van der Waals surface area contributed by atoms with Gasteiger partial charge in [0.25, 0.3) is 0 Å². The number of rotatable bonds is 3. The van der Waals surface area contributed by atoms with Crippen LogP contribution < -0.4 is 5.32 Å². The van der Waals surface area contributed by atoms with Crippen molar-refractivity contribution in [3.05, 3.63) is 17.0 Å². The molecule has 0 unspecified atom stereocenters. The molecular formula is C12H21N3. The second-order valence-electron chi connectivity index (χ2n) is 4.65. The first-order valence-corrected chi connectivity index (χ1v) is 5.97. The van der Waals surface area contributed by atoms with Crippen molar-refractivity contribution in [2.75, 3.05) is 7.05 Å². The van der Waals surface area contributed by atoms with Gasteiger partial charge >= 0.3 is 0 Å². The molecule has 1 aliphatic carbocycles. The van der Waals surface area contributed by atoms with Gasteiger partial charge in [0.15, 0.2) is 0 Å². The van der Waals surface area contributed by atoms with Crippen molar-refractivity contribution in [1.82, 2.24) is 15.1 Å². The molecule has 0 saturated carbocycles. The number of hydrogen-bond donors (Lipinski definition) is 1. The van der Waals surface area contributed by atoms with Gasteiger partial charge in [-0.05, 0) is 52.1 Å². The van der Waals surface area contributed by atoms with Crippen molar-refractivity contribution in [1.29, 1.82) is 0 Å². The number of fused-ring (bicyclic) bond motifs is 1. The highest BCUT2D eigenvalue weighted by atomic mass is 15.3. The summed E-state index contributed by atoms with van der Waals surface area (Å²) in [5.74, 6) is 0. The van der Waals surface area contributed by atoms with Gasteiger partial charge in [-0.2, -0.15) is 5.10 Å². The third-order valence-electron chi connectivity index (χ3n) is 3.13. The highest BCUT2D eigenvalue weighted by Gasteiger charge is 2.20. The monoisotopic (exact) mass is 207 g/mol. The van der Waals surface area contributed by atoms with E-state index in [0.717, 1.165) is 6.54 Å². The lowest BCUT2D eigenvalue weighted by Crippen LogP contribution is -2.15. The molecule has 0 aromatic carbocycles. The molecule has 1 heterocycles. The topological polar surface area (TPSA) is 29.9 Å². The Morgan fingerprint density at radius 2 is 2.07 bits per heavy atom. The van der Waals surface area contributed by atoms with Crippen LogP contribution in [0.25, 0.3) is 0 Å². The molecule has 1 aromatic heterocycles. The molecule has 15 heavy (non-hydrogen) atoms. The summed E-state index contributed by atoms with van der Waals surface area (Å²) >= 11 is 0. The summed E-state index contributed by atoms with van der Waals surface area (Å²) in [7, 11) is 2.01. The molecule has 3 heteroatoms. The Morgan fingerprint density at radius 3 is 2.73 bits per heavy atom. The molecule has 84 valence electrons. The number of aromatic nitrogens is 2. The van der Waals surface area contributed by atoms with Crippen LogP contribution in [-0.4, -0.2) is 16.8 Å². The highest BCUT2D eigenvalue weighted by molar-refractivity contribution is 5.29. The zero-order valence-electron chi connectivity index (χ0n) is 10.0. The summed E-state index contributed by atoms with van der Waals surface area (Å²) in [6.45, 7) is 5.36. The summed E-state index contributed by atoms with van der Waals surface area (Å²) < 4.78 is 2.20. The maximum absolute atomic E-state index is 4.75. The average molecular weight is 207 g/mol. The summed E-state index contributed by atoms with van der Waals surface area (Å²) in [4.78, 5) is 0. The molecule has 0 aliphatic heterocycles. The minimum Gasteiger partial charge on any atom is -0.314 e. The van der Waals surface area contributed by atoms with Crippen LogP contribution in [0, 0.1) is 0 Å². The van der Waals surface area contributed by atoms with E-state index in [1.807, 2.05) is 7.05 Å². The van der Waals surface area contributed by atoms with Crippen LogP contribution in [0.1, 0.15) is 49.7 Å². The molecule has 0 radical (unpaired) electrons. The van der Waals surface area contributed by atoms with E-state index in [0.29, 0.717) is 6.04 Å². The second kappa shape index (κ2) is 4.35. The SMILES string of the molecule is CNCc1c2c(nn1C(C)C)CCCC2. The van der Waals surface area contributed by atoms with Gasteiger partial charge in [-0.3, -0.25) is 4.68 Å². The van der Waals surface area contributed by atoms with E-state index in [1.165, 1.54) is 42.6 Å². The van der Waals surface area contributed by atoms with Gasteiger partial charge < -0.3 is 5.32 Å². The smallest absolute Gasteiger partial charge is 0.0660 e. The average Bonchev–Trinajstić information content (AvgIpc) is 2.58. The third kappa shape index (κ3) is 1.93. The minimum atomic E-state index is 0.471. The quantitative estimate of drug-likeness (QED) is 0.822. The largest absolute Gasteiger partial charge is 0.314 e. The molecule has 0 saturated heterocycles. The first-order valence-electron chi connectivity index (χ1n) is 5.97. The summed E-state index contributed by atoms with van der Waals surface area (Å²) in [5, 5.41) is 8.00. The zero-order chi connectivity index (χ0) is 10.8. The van der Waals surface area contributed by atoms with E-state index in [4.69, 9.17) is 5.10 Å². The number of hydrogen-bond acceptors (Lipinski definition) is 2. The van der Waals surface area contributed by atoms with E-state index in [9.17, 15) is 0 Å². The highest BCUT2D eigenvalue weighted by Crippen LogP contribution is 2.25. The van der Waals surface area contributed by atoms with Crippen LogP contribution in [0.15, 0.2) is 0 Å². The van der Waals surface area contributed by atoms with Crippen molar-refractivity contribution in [3.8, 4) is 0 Å². The molecule has 0 spiro atoms. The van der Waals surface area contributed by atoms with Crippen LogP contribution in [0.5, 0.6) is 0 Å². The first-order chi connectivity index (χ1) is 7.24. The summed E-state index contributed by atoms with van der Waals surface area (Å²) in [6.07, 6.45) is 5.03. The minimum absolute atomic E-state index is 0.471. The molecule has 1 aliphatic rings. The van der Waals surface area contributed by atoms with E-state index in [-0.39, 0.29) is 0 Å². The summed E-state index contributed by atoms with van der Waals surface area (Å²) in [5.41, 5.74) is 4.27. The van der Waals surface area contributed by atoms with Crippen molar-refractivity contribution < 1.29 is 0 Å². The fourth-order valence-corrected chi connectivity index (χ4v) is 2.42. The standard InChI is InChI=1S/C12H21N3/c1-9(2)15-12(8-13-3)10-6-4-5-7-11(10)14-15/h9,13H,4-8H2,1-3H3. The predicted molar refractivity (Wildman–Crippen MR) is 62.0 cm³/mol. The Morgan fingerprint density at radius 1 is 1.33 bits per heavy atom. The van der Waals surface area contributed by atoms with Crippen molar-refractivity contribution >= 4 is 0 Å². The van der Waals surface area contributed by atoms with Gasteiger partial charge in [-0.25, -0.2) is 0 Å². The molecule has 0 amide bonds. The van der Waals surface area contributed by atoms with Crippen molar-refractivity contribution in [3.63, 3.8) is 0 Å². The Balaban J connectivity index is 2.41. The van der Waals surface area contributed by atoms with Crippen molar-refractivity contribution in [2.45, 2.75) is 52.1 Å². The fraction of sp³-hybridized carbons (Fsp3) is 0.750. The van der Waals surface area contributed by atoms with Gasteiger partial charge in [0, 0.05) is 12.6 Å². The van der Waals surface area contributed by atoms with Gasteiger partial charge in [0.1, 0.15) is 0 Å². The molecule has 0 fully saturated rings. The van der Waals surface area contributed by atoms with Crippen LogP contribution in [0.4, 0.5) is 0 Å². The molecule has 1 N–H and O–H groups in total. The van der Waals surface area contributed by atoms with E-state index < -0.39 is 0 Å². The molecule has 0 bridgehead atoms. The second-order valence-corrected chi connectivity index (χ2v) is 4.65. The summed E-state index contributed by atoms with van der Waals surface area (Å²) in [6, 6.07) is 0.471. The Kier molecular flexibility index (Phi) is 3.10. The van der Waals surface area contributed by atoms with E-state index >= 15 is 0 Å². The maximum Gasteiger partial charge on any atom is 0.0660 e. The zero-order valence-corrected chi connectivity index (χ0v) is 10.0. The van der Waals surface area contributed by atoms with Gasteiger partial charge in [0.05, 0.1) is 11.4 Å². The lowest BCUT2D eigenvalue weighted by atomic mass is 9.96. The Bertz CT molecular complexity index is 339. The van der Waals surface area contributed by atoms with Gasteiger partial charge in [0.2, 0.25) is 0 Å². The number of nitrogens with one attached hydrogen (secondary N) is 1. The molecule has 1 aromatic rings. The van der Waals surface area contributed by atoms with E-state index in [2.05, 4.69) is 23.8 Å². The van der Waals surface area contributed by atoms with Crippen LogP contribution >= 0.6 is 0 Å². The van der Waals surface area contributed by atoms with E-state index in [1.54, 1.807) is 0 Å². The van der Waals surface area contributed by atoms with Gasteiger partial charge in [-0.1, -0.05) is 0 Å².